The second kappa shape index (κ2) is 10.9. The zero-order chi connectivity index (χ0) is 25.7. The predicted molar refractivity (Wildman–Crippen MR) is 140 cm³/mol. The summed E-state index contributed by atoms with van der Waals surface area (Å²) in [6.45, 7) is 3.71. The van der Waals surface area contributed by atoms with Gasteiger partial charge < -0.3 is 19.3 Å². The summed E-state index contributed by atoms with van der Waals surface area (Å²) in [5.41, 5.74) is 2.18. The quantitative estimate of drug-likeness (QED) is 0.462. The number of hydrogen-bond donors (Lipinski definition) is 0. The van der Waals surface area contributed by atoms with Crippen LogP contribution in [-0.2, 0) is 14.8 Å². The van der Waals surface area contributed by atoms with E-state index < -0.39 is 10.0 Å². The predicted octanol–water partition coefficient (Wildman–Crippen LogP) is 3.56. The minimum Gasteiger partial charge on any atom is -0.495 e. The molecule has 1 aliphatic heterocycles. The van der Waals surface area contributed by atoms with Gasteiger partial charge in [-0.2, -0.15) is 0 Å². The molecule has 0 atom stereocenters. The number of rotatable bonds is 8. The Kier molecular flexibility index (Phi) is 7.69. The molecule has 0 spiro atoms. The van der Waals surface area contributed by atoms with E-state index in [-0.39, 0.29) is 23.1 Å². The highest BCUT2D eigenvalue weighted by atomic mass is 32.2. The molecule has 0 unspecified atom stereocenters. The standard InChI is InChI=1S/C27H31N3O5S/c1-21-13-14-25(35-3)26(19-21)36(32,33)30(22-9-5-4-6-10-22)20-27(31)29-17-15-28(16-18-29)23-11-7-8-12-24(23)34-2/h4-14,19H,15-18,20H2,1-3H3. The third-order valence-electron chi connectivity index (χ3n) is 6.27. The number of piperazine rings is 1. The molecule has 3 aromatic rings. The molecule has 0 aromatic heterocycles. The molecule has 1 saturated heterocycles. The Labute approximate surface area is 212 Å². The van der Waals surface area contributed by atoms with Crippen LogP contribution in [0.1, 0.15) is 5.56 Å². The van der Waals surface area contributed by atoms with Gasteiger partial charge in [-0.1, -0.05) is 36.4 Å². The van der Waals surface area contributed by atoms with E-state index in [0.29, 0.717) is 31.9 Å². The largest absolute Gasteiger partial charge is 0.495 e. The monoisotopic (exact) mass is 509 g/mol. The summed E-state index contributed by atoms with van der Waals surface area (Å²) < 4.78 is 39.7. The first-order valence-corrected chi connectivity index (χ1v) is 13.2. The van der Waals surface area contributed by atoms with Crippen molar-refractivity contribution in [3.05, 3.63) is 78.4 Å². The Hall–Kier alpha value is -3.72. The Bertz CT molecular complexity index is 1310. The number of anilines is 2. The molecule has 8 nitrogen and oxygen atoms in total. The number of sulfonamides is 1. The fourth-order valence-electron chi connectivity index (χ4n) is 4.32. The van der Waals surface area contributed by atoms with Crippen LogP contribution in [0.25, 0.3) is 0 Å². The number of benzene rings is 3. The molecular formula is C27H31N3O5S. The van der Waals surface area contributed by atoms with Crippen molar-refractivity contribution >= 4 is 27.3 Å². The number of carbonyl (C=O) groups excluding carboxylic acids is 1. The van der Waals surface area contributed by atoms with Crippen LogP contribution in [-0.4, -0.2) is 66.2 Å². The third-order valence-corrected chi connectivity index (χ3v) is 8.06. The highest BCUT2D eigenvalue weighted by molar-refractivity contribution is 7.93. The number of amides is 1. The molecule has 190 valence electrons. The molecular weight excluding hydrogens is 478 g/mol. The molecule has 36 heavy (non-hydrogen) atoms. The van der Waals surface area contributed by atoms with Gasteiger partial charge in [0.2, 0.25) is 5.91 Å². The smallest absolute Gasteiger partial charge is 0.268 e. The highest BCUT2D eigenvalue weighted by Gasteiger charge is 2.32. The fourth-order valence-corrected chi connectivity index (χ4v) is 5.98. The van der Waals surface area contributed by atoms with Crippen molar-refractivity contribution in [3.63, 3.8) is 0 Å². The zero-order valence-corrected chi connectivity index (χ0v) is 21.6. The van der Waals surface area contributed by atoms with Gasteiger partial charge >= 0.3 is 0 Å². The Balaban J connectivity index is 1.56. The van der Waals surface area contributed by atoms with Crippen LogP contribution in [0.3, 0.4) is 0 Å². The number of hydrogen-bond acceptors (Lipinski definition) is 6. The molecule has 0 aliphatic carbocycles. The van der Waals surface area contributed by atoms with Gasteiger partial charge in [0.1, 0.15) is 22.9 Å². The second-order valence-corrected chi connectivity index (χ2v) is 10.4. The van der Waals surface area contributed by atoms with Crippen molar-refractivity contribution in [2.75, 3.05) is 56.1 Å². The molecule has 9 heteroatoms. The van der Waals surface area contributed by atoms with Crippen molar-refractivity contribution < 1.29 is 22.7 Å². The zero-order valence-electron chi connectivity index (χ0n) is 20.8. The normalized spacial score (nSPS) is 13.9. The minimum atomic E-state index is -4.08. The second-order valence-electron chi connectivity index (χ2n) is 8.54. The van der Waals surface area contributed by atoms with E-state index in [1.54, 1.807) is 60.5 Å². The number of para-hydroxylation sites is 3. The van der Waals surface area contributed by atoms with E-state index >= 15 is 0 Å². The Morgan fingerprint density at radius 1 is 0.861 bits per heavy atom. The fraction of sp³-hybridized carbons (Fsp3) is 0.296. The maximum atomic E-state index is 13.8. The van der Waals surface area contributed by atoms with Gasteiger partial charge in [-0.25, -0.2) is 8.42 Å². The van der Waals surface area contributed by atoms with Gasteiger partial charge in [-0.3, -0.25) is 9.10 Å². The van der Waals surface area contributed by atoms with Crippen molar-refractivity contribution in [2.45, 2.75) is 11.8 Å². The van der Waals surface area contributed by atoms with Gasteiger partial charge in [-0.15, -0.1) is 0 Å². The summed E-state index contributed by atoms with van der Waals surface area (Å²) in [6.07, 6.45) is 0. The van der Waals surface area contributed by atoms with Crippen LogP contribution in [0.4, 0.5) is 11.4 Å². The lowest BCUT2D eigenvalue weighted by Gasteiger charge is -2.37. The van der Waals surface area contributed by atoms with Crippen LogP contribution in [0, 0.1) is 6.92 Å². The summed E-state index contributed by atoms with van der Waals surface area (Å²) >= 11 is 0. The molecule has 0 bridgehead atoms. The Morgan fingerprint density at radius 3 is 2.17 bits per heavy atom. The van der Waals surface area contributed by atoms with E-state index in [2.05, 4.69) is 4.90 Å². The number of carbonyl (C=O) groups is 1. The van der Waals surface area contributed by atoms with Crippen LogP contribution < -0.4 is 18.7 Å². The first-order chi connectivity index (χ1) is 17.3. The van der Waals surface area contributed by atoms with Gasteiger partial charge in [0.15, 0.2) is 0 Å². The maximum absolute atomic E-state index is 13.8. The topological polar surface area (TPSA) is 79.4 Å². The van der Waals surface area contributed by atoms with Crippen molar-refractivity contribution in [3.8, 4) is 11.5 Å². The molecule has 4 rings (SSSR count). The van der Waals surface area contributed by atoms with Crippen molar-refractivity contribution in [1.29, 1.82) is 0 Å². The molecule has 0 radical (unpaired) electrons. The van der Waals surface area contributed by atoms with E-state index in [1.807, 2.05) is 31.2 Å². The Morgan fingerprint density at radius 2 is 1.50 bits per heavy atom. The molecule has 1 heterocycles. The summed E-state index contributed by atoms with van der Waals surface area (Å²) in [5, 5.41) is 0. The number of ether oxygens (including phenoxy) is 2. The van der Waals surface area contributed by atoms with Crippen LogP contribution >= 0.6 is 0 Å². The SMILES string of the molecule is COc1ccccc1N1CCN(C(=O)CN(c2ccccc2)S(=O)(=O)c2cc(C)ccc2OC)CC1. The average molecular weight is 510 g/mol. The molecule has 1 aliphatic rings. The molecule has 0 N–H and O–H groups in total. The molecule has 3 aromatic carbocycles. The van der Waals surface area contributed by atoms with Crippen LogP contribution in [0.2, 0.25) is 0 Å². The molecule has 1 amide bonds. The number of nitrogens with zero attached hydrogens (tertiary/aromatic N) is 3. The van der Waals surface area contributed by atoms with Gasteiger partial charge in [0, 0.05) is 26.2 Å². The maximum Gasteiger partial charge on any atom is 0.268 e. The summed E-state index contributed by atoms with van der Waals surface area (Å²) in [6, 6.07) is 21.5. The number of methoxy groups -OCH3 is 2. The molecule has 1 fully saturated rings. The summed E-state index contributed by atoms with van der Waals surface area (Å²) in [5.74, 6) is 0.763. The lowest BCUT2D eigenvalue weighted by Crippen LogP contribution is -2.52. The summed E-state index contributed by atoms with van der Waals surface area (Å²) in [7, 11) is -1.01. The van der Waals surface area contributed by atoms with Crippen LogP contribution in [0.15, 0.2) is 77.7 Å². The van der Waals surface area contributed by atoms with Gasteiger partial charge in [-0.05, 0) is 48.9 Å². The van der Waals surface area contributed by atoms with Gasteiger partial charge in [0.05, 0.1) is 25.6 Å². The van der Waals surface area contributed by atoms with E-state index in [9.17, 15) is 13.2 Å². The first-order valence-electron chi connectivity index (χ1n) is 11.7. The minimum absolute atomic E-state index is 0.0302. The van der Waals surface area contributed by atoms with Gasteiger partial charge in [0.25, 0.3) is 10.0 Å². The van der Waals surface area contributed by atoms with Crippen molar-refractivity contribution in [1.82, 2.24) is 4.90 Å². The molecule has 0 saturated carbocycles. The lowest BCUT2D eigenvalue weighted by molar-refractivity contribution is -0.129. The average Bonchev–Trinajstić information content (AvgIpc) is 2.92. The van der Waals surface area contributed by atoms with Crippen LogP contribution in [0.5, 0.6) is 11.5 Å². The summed E-state index contributed by atoms with van der Waals surface area (Å²) in [4.78, 5) is 17.3. The van der Waals surface area contributed by atoms with Crippen molar-refractivity contribution in [2.24, 2.45) is 0 Å². The number of aryl methyl sites for hydroxylation is 1. The van der Waals surface area contributed by atoms with E-state index in [0.717, 1.165) is 17.0 Å². The lowest BCUT2D eigenvalue weighted by atomic mass is 10.2. The highest BCUT2D eigenvalue weighted by Crippen LogP contribution is 2.31. The first kappa shape index (κ1) is 25.4. The third kappa shape index (κ3) is 5.26. The van der Waals surface area contributed by atoms with E-state index in [1.165, 1.54) is 11.4 Å². The van der Waals surface area contributed by atoms with E-state index in [4.69, 9.17) is 9.47 Å².